The van der Waals surface area contributed by atoms with Gasteiger partial charge in [-0.2, -0.15) is 14.6 Å². The first-order valence-corrected chi connectivity index (χ1v) is 8.27. The van der Waals surface area contributed by atoms with Crippen LogP contribution in [0, 0.1) is 6.92 Å². The van der Waals surface area contributed by atoms with Crippen LogP contribution in [0.2, 0.25) is 0 Å². The molecule has 3 aromatic rings. The number of hydrogen-bond acceptors (Lipinski definition) is 5. The van der Waals surface area contributed by atoms with Crippen molar-refractivity contribution in [3.63, 3.8) is 0 Å². The van der Waals surface area contributed by atoms with Gasteiger partial charge in [0, 0.05) is 31.6 Å². The fourth-order valence-electron chi connectivity index (χ4n) is 3.57. The number of aromatic nitrogens is 5. The van der Waals surface area contributed by atoms with Crippen molar-refractivity contribution < 1.29 is 4.74 Å². The molecule has 0 radical (unpaired) electrons. The van der Waals surface area contributed by atoms with Crippen LogP contribution in [-0.4, -0.2) is 31.3 Å². The van der Waals surface area contributed by atoms with Crippen LogP contribution in [0.15, 0.2) is 18.5 Å². The highest BCUT2D eigenvalue weighted by Crippen LogP contribution is 2.34. The van der Waals surface area contributed by atoms with Crippen molar-refractivity contribution >= 4 is 11.6 Å². The first-order chi connectivity index (χ1) is 11.7. The number of aryl methyl sites for hydroxylation is 1. The van der Waals surface area contributed by atoms with Crippen LogP contribution < -0.4 is 5.32 Å². The minimum absolute atomic E-state index is 0.277. The Morgan fingerprint density at radius 1 is 1.38 bits per heavy atom. The van der Waals surface area contributed by atoms with E-state index in [1.165, 1.54) is 29.7 Å². The minimum atomic E-state index is 0.277. The van der Waals surface area contributed by atoms with Gasteiger partial charge < -0.3 is 14.6 Å². The van der Waals surface area contributed by atoms with Gasteiger partial charge in [0.1, 0.15) is 12.1 Å². The fourth-order valence-corrected chi connectivity index (χ4v) is 3.57. The van der Waals surface area contributed by atoms with Crippen molar-refractivity contribution in [3.8, 4) is 0 Å². The predicted octanol–water partition coefficient (Wildman–Crippen LogP) is 2.41. The van der Waals surface area contributed by atoms with E-state index in [4.69, 9.17) is 4.74 Å². The zero-order chi connectivity index (χ0) is 16.7. The standard InChI is InChI=1S/C17H22N6O/c1-11-7-13-14(5-4-6-15(13)22(11)2)21-16-8-12(9-24-3)20-17-18-10-19-23(16)17/h7-8,10,14,21H,4-6,9H2,1-3H3. The summed E-state index contributed by atoms with van der Waals surface area (Å²) in [5, 5.41) is 7.96. The molecule has 4 rings (SSSR count). The molecular weight excluding hydrogens is 304 g/mol. The number of ether oxygens (including phenoxy) is 1. The van der Waals surface area contributed by atoms with Crippen molar-refractivity contribution in [2.24, 2.45) is 7.05 Å². The van der Waals surface area contributed by atoms with E-state index in [2.05, 4.69) is 45.0 Å². The van der Waals surface area contributed by atoms with Crippen LogP contribution in [0.1, 0.15) is 41.5 Å². The largest absolute Gasteiger partial charge is 0.378 e. The number of rotatable bonds is 4. The molecule has 0 spiro atoms. The third-order valence-corrected chi connectivity index (χ3v) is 4.83. The van der Waals surface area contributed by atoms with Gasteiger partial charge in [-0.25, -0.2) is 4.98 Å². The Balaban J connectivity index is 1.73. The van der Waals surface area contributed by atoms with Gasteiger partial charge in [0.15, 0.2) is 0 Å². The van der Waals surface area contributed by atoms with Crippen LogP contribution >= 0.6 is 0 Å². The molecule has 126 valence electrons. The fraction of sp³-hybridized carbons (Fsp3) is 0.471. The molecule has 3 aromatic heterocycles. The summed E-state index contributed by atoms with van der Waals surface area (Å²) in [6.45, 7) is 2.62. The molecule has 1 atom stereocenters. The van der Waals surface area contributed by atoms with Crippen LogP contribution in [0.3, 0.4) is 0 Å². The predicted molar refractivity (Wildman–Crippen MR) is 90.9 cm³/mol. The Bertz CT molecular complexity index is 881. The van der Waals surface area contributed by atoms with Crippen LogP contribution in [-0.2, 0) is 24.8 Å². The monoisotopic (exact) mass is 326 g/mol. The summed E-state index contributed by atoms with van der Waals surface area (Å²) >= 11 is 0. The lowest BCUT2D eigenvalue weighted by Gasteiger charge is -2.25. The summed E-state index contributed by atoms with van der Waals surface area (Å²) < 4.78 is 9.28. The van der Waals surface area contributed by atoms with Crippen molar-refractivity contribution in [3.05, 3.63) is 41.1 Å². The molecule has 1 unspecified atom stereocenters. The second kappa shape index (κ2) is 5.90. The maximum Gasteiger partial charge on any atom is 0.254 e. The molecule has 0 fully saturated rings. The van der Waals surface area contributed by atoms with E-state index >= 15 is 0 Å². The van der Waals surface area contributed by atoms with Gasteiger partial charge in [-0.05, 0) is 37.8 Å². The van der Waals surface area contributed by atoms with Gasteiger partial charge in [-0.3, -0.25) is 0 Å². The Labute approximate surface area is 140 Å². The second-order valence-corrected chi connectivity index (χ2v) is 6.37. The zero-order valence-electron chi connectivity index (χ0n) is 14.3. The minimum Gasteiger partial charge on any atom is -0.378 e. The third-order valence-electron chi connectivity index (χ3n) is 4.83. The molecule has 0 bridgehead atoms. The van der Waals surface area contributed by atoms with E-state index in [1.54, 1.807) is 11.6 Å². The lowest BCUT2D eigenvalue weighted by Crippen LogP contribution is -2.19. The second-order valence-electron chi connectivity index (χ2n) is 6.37. The molecule has 0 saturated carbocycles. The molecule has 1 aliphatic carbocycles. The van der Waals surface area contributed by atoms with Gasteiger partial charge in [0.2, 0.25) is 0 Å². The van der Waals surface area contributed by atoms with Crippen molar-refractivity contribution in [1.82, 2.24) is 24.1 Å². The molecule has 7 heteroatoms. The molecule has 24 heavy (non-hydrogen) atoms. The summed E-state index contributed by atoms with van der Waals surface area (Å²) in [6, 6.07) is 4.57. The average Bonchev–Trinajstić information content (AvgIpc) is 3.15. The van der Waals surface area contributed by atoms with Gasteiger partial charge in [-0.1, -0.05) is 0 Å². The Morgan fingerprint density at radius 3 is 3.08 bits per heavy atom. The van der Waals surface area contributed by atoms with Gasteiger partial charge in [-0.15, -0.1) is 0 Å². The summed E-state index contributed by atoms with van der Waals surface area (Å²) in [5.41, 5.74) is 4.96. The third kappa shape index (κ3) is 2.45. The van der Waals surface area contributed by atoms with Gasteiger partial charge >= 0.3 is 0 Å². The van der Waals surface area contributed by atoms with Crippen molar-refractivity contribution in [2.75, 3.05) is 12.4 Å². The molecule has 1 N–H and O–H groups in total. The van der Waals surface area contributed by atoms with E-state index in [9.17, 15) is 0 Å². The van der Waals surface area contributed by atoms with Crippen molar-refractivity contribution in [2.45, 2.75) is 38.8 Å². The molecule has 3 heterocycles. The van der Waals surface area contributed by atoms with Crippen LogP contribution in [0.25, 0.3) is 5.78 Å². The van der Waals surface area contributed by atoms with Gasteiger partial charge in [0.05, 0.1) is 18.3 Å². The number of fused-ring (bicyclic) bond motifs is 2. The SMILES string of the molecule is COCc1cc(NC2CCCc3c2cc(C)n3C)n2ncnc2n1. The smallest absolute Gasteiger partial charge is 0.254 e. The highest BCUT2D eigenvalue weighted by atomic mass is 16.5. The van der Waals surface area contributed by atoms with Crippen LogP contribution in [0.5, 0.6) is 0 Å². The van der Waals surface area contributed by atoms with E-state index in [-0.39, 0.29) is 6.04 Å². The molecule has 0 aliphatic heterocycles. The topological polar surface area (TPSA) is 69.3 Å². The van der Waals surface area contributed by atoms with E-state index < -0.39 is 0 Å². The van der Waals surface area contributed by atoms with Gasteiger partial charge in [0.25, 0.3) is 5.78 Å². The van der Waals surface area contributed by atoms with E-state index in [1.807, 2.05) is 6.07 Å². The summed E-state index contributed by atoms with van der Waals surface area (Å²) in [7, 11) is 3.82. The first kappa shape index (κ1) is 15.1. The number of hydrogen-bond donors (Lipinski definition) is 1. The summed E-state index contributed by atoms with van der Waals surface area (Å²) in [6.07, 6.45) is 4.96. The normalized spacial score (nSPS) is 17.2. The van der Waals surface area contributed by atoms with E-state index in [0.29, 0.717) is 12.4 Å². The lowest BCUT2D eigenvalue weighted by atomic mass is 9.92. The van der Waals surface area contributed by atoms with Crippen molar-refractivity contribution in [1.29, 1.82) is 0 Å². The zero-order valence-corrected chi connectivity index (χ0v) is 14.3. The molecule has 0 amide bonds. The maximum absolute atomic E-state index is 5.22. The Hall–Kier alpha value is -2.41. The number of methoxy groups -OCH3 is 1. The first-order valence-electron chi connectivity index (χ1n) is 8.27. The maximum atomic E-state index is 5.22. The Kier molecular flexibility index (Phi) is 3.72. The van der Waals surface area contributed by atoms with Crippen LogP contribution in [0.4, 0.5) is 5.82 Å². The molecule has 1 aliphatic rings. The van der Waals surface area contributed by atoms with E-state index in [0.717, 1.165) is 24.4 Å². The lowest BCUT2D eigenvalue weighted by molar-refractivity contribution is 0.181. The number of nitrogens with one attached hydrogen (secondary N) is 1. The quantitative estimate of drug-likeness (QED) is 0.797. The molecular formula is C17H22N6O. The summed E-state index contributed by atoms with van der Waals surface area (Å²) in [4.78, 5) is 8.68. The Morgan fingerprint density at radius 2 is 2.25 bits per heavy atom. The molecule has 0 saturated heterocycles. The molecule has 7 nitrogen and oxygen atoms in total. The highest BCUT2D eigenvalue weighted by molar-refractivity contribution is 5.48. The summed E-state index contributed by atoms with van der Waals surface area (Å²) in [5.74, 6) is 1.50. The highest BCUT2D eigenvalue weighted by Gasteiger charge is 2.24. The molecule has 0 aromatic carbocycles. The average molecular weight is 326 g/mol. The number of anilines is 1. The number of nitrogens with zero attached hydrogens (tertiary/aromatic N) is 5.